The van der Waals surface area contributed by atoms with Crippen LogP contribution in [0.2, 0.25) is 5.02 Å². The van der Waals surface area contributed by atoms with Gasteiger partial charge in [0.15, 0.2) is 16.7 Å². The third-order valence-electron chi connectivity index (χ3n) is 4.21. The maximum atomic E-state index is 9.87. The summed E-state index contributed by atoms with van der Waals surface area (Å²) in [6, 6.07) is 11.2. The van der Waals surface area contributed by atoms with E-state index in [2.05, 4.69) is 26.6 Å². The standard InChI is InChI=1S/C20H13BrClN3O2S/c1-27-18-6-11(5-16(22)19(18)26)4-15-9-25-10-17(24-20(25)28-15)13-2-12(8-23)3-14(21)7-13/h2-7,10,26H,9H2,1H3. The molecule has 1 aliphatic rings. The topological polar surface area (TPSA) is 71.1 Å². The summed E-state index contributed by atoms with van der Waals surface area (Å²) in [6.45, 7) is 0.687. The first kappa shape index (κ1) is 18.9. The first-order valence-electron chi connectivity index (χ1n) is 8.20. The van der Waals surface area contributed by atoms with E-state index in [-0.39, 0.29) is 10.8 Å². The number of phenolic OH excluding ortho intramolecular Hbond substituents is 1. The molecule has 0 bridgehead atoms. The molecule has 3 aromatic rings. The third kappa shape index (κ3) is 3.63. The summed E-state index contributed by atoms with van der Waals surface area (Å²) in [7, 11) is 1.49. The van der Waals surface area contributed by atoms with Crippen molar-refractivity contribution in [3.63, 3.8) is 0 Å². The van der Waals surface area contributed by atoms with E-state index in [1.165, 1.54) is 7.11 Å². The Hall–Kier alpha value is -2.40. The first-order valence-corrected chi connectivity index (χ1v) is 10.2. The predicted octanol–water partition coefficient (Wildman–Crippen LogP) is 5.70. The largest absolute Gasteiger partial charge is 0.503 e. The number of halogens is 2. The highest BCUT2D eigenvalue weighted by Crippen LogP contribution is 2.40. The number of aromatic hydroxyl groups is 1. The molecule has 28 heavy (non-hydrogen) atoms. The molecule has 0 radical (unpaired) electrons. The Bertz CT molecular complexity index is 1140. The molecule has 8 heteroatoms. The van der Waals surface area contributed by atoms with Crippen LogP contribution in [0.5, 0.6) is 11.5 Å². The maximum Gasteiger partial charge on any atom is 0.176 e. The highest BCUT2D eigenvalue weighted by molar-refractivity contribution is 9.10. The summed E-state index contributed by atoms with van der Waals surface area (Å²) in [5, 5.41) is 20.2. The number of hydrogen-bond acceptors (Lipinski definition) is 5. The Kier molecular flexibility index (Phi) is 5.11. The van der Waals surface area contributed by atoms with Gasteiger partial charge in [-0.2, -0.15) is 5.26 Å². The molecule has 140 valence electrons. The zero-order valence-corrected chi connectivity index (χ0v) is 17.8. The molecule has 0 saturated carbocycles. The Morgan fingerprint density at radius 3 is 2.89 bits per heavy atom. The van der Waals surface area contributed by atoms with Crippen molar-refractivity contribution in [2.75, 3.05) is 7.11 Å². The van der Waals surface area contributed by atoms with Gasteiger partial charge in [-0.05, 0) is 42.0 Å². The van der Waals surface area contributed by atoms with Crippen molar-refractivity contribution < 1.29 is 9.84 Å². The van der Waals surface area contributed by atoms with Gasteiger partial charge in [-0.15, -0.1) is 0 Å². The molecule has 0 amide bonds. The van der Waals surface area contributed by atoms with E-state index in [0.717, 1.165) is 31.4 Å². The van der Waals surface area contributed by atoms with Gasteiger partial charge >= 0.3 is 0 Å². The molecule has 0 unspecified atom stereocenters. The number of fused-ring (bicyclic) bond motifs is 1. The lowest BCUT2D eigenvalue weighted by atomic mass is 10.1. The van der Waals surface area contributed by atoms with Crippen LogP contribution in [0.1, 0.15) is 11.1 Å². The van der Waals surface area contributed by atoms with Crippen molar-refractivity contribution in [2.45, 2.75) is 11.7 Å². The number of methoxy groups -OCH3 is 1. The molecule has 0 atom stereocenters. The lowest BCUT2D eigenvalue weighted by Crippen LogP contribution is -1.90. The van der Waals surface area contributed by atoms with Gasteiger partial charge in [-0.25, -0.2) is 4.98 Å². The molecular formula is C20H13BrClN3O2S. The summed E-state index contributed by atoms with van der Waals surface area (Å²) < 4.78 is 8.07. The molecule has 2 aromatic carbocycles. The summed E-state index contributed by atoms with van der Waals surface area (Å²) in [4.78, 5) is 5.80. The van der Waals surface area contributed by atoms with Crippen molar-refractivity contribution in [3.8, 4) is 28.8 Å². The first-order chi connectivity index (χ1) is 13.5. The van der Waals surface area contributed by atoms with Gasteiger partial charge in [0.1, 0.15) is 0 Å². The summed E-state index contributed by atoms with van der Waals surface area (Å²) in [5.41, 5.74) is 3.16. The van der Waals surface area contributed by atoms with Gasteiger partial charge in [0, 0.05) is 21.1 Å². The fourth-order valence-corrected chi connectivity index (χ4v) is 4.67. The fraction of sp³-hybridized carbons (Fsp3) is 0.100. The number of thioether (sulfide) groups is 1. The number of phenols is 1. The van der Waals surface area contributed by atoms with Crippen LogP contribution in [0.4, 0.5) is 0 Å². The number of allylic oxidation sites excluding steroid dienone is 1. The molecule has 1 N–H and O–H groups in total. The number of imidazole rings is 1. The Morgan fingerprint density at radius 1 is 1.36 bits per heavy atom. The molecule has 0 aliphatic carbocycles. The normalized spacial score (nSPS) is 14.1. The molecule has 0 fully saturated rings. The number of aromatic nitrogens is 2. The molecule has 2 heterocycles. The highest BCUT2D eigenvalue weighted by atomic mass is 79.9. The molecule has 0 spiro atoms. The van der Waals surface area contributed by atoms with E-state index in [0.29, 0.717) is 17.9 Å². The van der Waals surface area contributed by atoms with Crippen LogP contribution in [0.15, 0.2) is 51.1 Å². The number of nitrogens with zero attached hydrogens (tertiary/aromatic N) is 3. The average Bonchev–Trinajstić information content (AvgIpc) is 3.22. The van der Waals surface area contributed by atoms with Crippen molar-refractivity contribution in [2.24, 2.45) is 0 Å². The van der Waals surface area contributed by atoms with E-state index in [1.807, 2.05) is 24.4 Å². The number of ether oxygens (including phenoxy) is 1. The van der Waals surface area contributed by atoms with E-state index in [4.69, 9.17) is 26.6 Å². The van der Waals surface area contributed by atoms with Gasteiger partial charge < -0.3 is 14.4 Å². The van der Waals surface area contributed by atoms with Crippen molar-refractivity contribution in [1.29, 1.82) is 5.26 Å². The van der Waals surface area contributed by atoms with Crippen LogP contribution in [0, 0.1) is 11.3 Å². The van der Waals surface area contributed by atoms with E-state index in [9.17, 15) is 5.11 Å². The van der Waals surface area contributed by atoms with Crippen LogP contribution in [0.3, 0.4) is 0 Å². The van der Waals surface area contributed by atoms with E-state index in [1.54, 1.807) is 30.0 Å². The summed E-state index contributed by atoms with van der Waals surface area (Å²) in [6.07, 6.45) is 3.98. The molecule has 1 aromatic heterocycles. The Morgan fingerprint density at radius 2 is 2.18 bits per heavy atom. The average molecular weight is 475 g/mol. The maximum absolute atomic E-state index is 9.87. The number of nitriles is 1. The minimum atomic E-state index is -0.0614. The quantitative estimate of drug-likeness (QED) is 0.527. The molecule has 4 rings (SSSR count). The summed E-state index contributed by atoms with van der Waals surface area (Å²) >= 11 is 11.1. The van der Waals surface area contributed by atoms with Crippen molar-refractivity contribution in [1.82, 2.24) is 9.55 Å². The zero-order chi connectivity index (χ0) is 19.8. The van der Waals surface area contributed by atoms with Crippen LogP contribution in [0.25, 0.3) is 17.3 Å². The lowest BCUT2D eigenvalue weighted by Gasteiger charge is -2.07. The third-order valence-corrected chi connectivity index (χ3v) is 5.97. The van der Waals surface area contributed by atoms with Crippen molar-refractivity contribution >= 4 is 45.4 Å². The monoisotopic (exact) mass is 473 g/mol. The molecule has 5 nitrogen and oxygen atoms in total. The van der Waals surface area contributed by atoms with Crippen molar-refractivity contribution in [3.05, 3.63) is 62.1 Å². The van der Waals surface area contributed by atoms with Gasteiger partial charge in [0.05, 0.1) is 36.0 Å². The van der Waals surface area contributed by atoms with E-state index < -0.39 is 0 Å². The molecular weight excluding hydrogens is 462 g/mol. The van der Waals surface area contributed by atoms with Gasteiger partial charge in [-0.1, -0.05) is 39.3 Å². The van der Waals surface area contributed by atoms with E-state index >= 15 is 0 Å². The predicted molar refractivity (Wildman–Crippen MR) is 114 cm³/mol. The smallest absolute Gasteiger partial charge is 0.176 e. The second kappa shape index (κ2) is 7.55. The second-order valence-corrected chi connectivity index (χ2v) is 8.56. The van der Waals surface area contributed by atoms with Gasteiger partial charge in [-0.3, -0.25) is 0 Å². The zero-order valence-electron chi connectivity index (χ0n) is 14.6. The highest BCUT2D eigenvalue weighted by Gasteiger charge is 2.20. The molecule has 0 saturated heterocycles. The summed E-state index contributed by atoms with van der Waals surface area (Å²) in [5.74, 6) is 0.277. The Labute approximate surface area is 179 Å². The van der Waals surface area contributed by atoms with Crippen LogP contribution in [-0.4, -0.2) is 21.8 Å². The minimum Gasteiger partial charge on any atom is -0.503 e. The fourth-order valence-electron chi connectivity index (χ4n) is 2.95. The number of rotatable bonds is 3. The van der Waals surface area contributed by atoms with Gasteiger partial charge in [0.2, 0.25) is 0 Å². The van der Waals surface area contributed by atoms with Crippen LogP contribution >= 0.6 is 39.3 Å². The molecule has 1 aliphatic heterocycles. The van der Waals surface area contributed by atoms with Gasteiger partial charge in [0.25, 0.3) is 0 Å². The van der Waals surface area contributed by atoms with Crippen LogP contribution in [-0.2, 0) is 6.54 Å². The Balaban J connectivity index is 1.60. The SMILES string of the molecule is COc1cc(C=C2Cn3cc(-c4cc(Br)cc(C#N)c4)nc3S2)cc(Cl)c1O. The second-order valence-electron chi connectivity index (χ2n) is 6.14. The number of benzene rings is 2. The van der Waals surface area contributed by atoms with Crippen LogP contribution < -0.4 is 4.74 Å². The lowest BCUT2D eigenvalue weighted by molar-refractivity contribution is 0.373. The minimum absolute atomic E-state index is 0.0614. The number of hydrogen-bond donors (Lipinski definition) is 1.